The van der Waals surface area contributed by atoms with Gasteiger partial charge in [0.2, 0.25) is 0 Å². The number of para-hydroxylation sites is 2. The van der Waals surface area contributed by atoms with Crippen LogP contribution < -0.4 is 10.5 Å². The molecule has 0 aliphatic carbocycles. The van der Waals surface area contributed by atoms with Crippen LogP contribution in [-0.4, -0.2) is 22.9 Å². The fraction of sp³-hybridized carbons (Fsp3) is 0.227. The Hall–Kier alpha value is -3.21. The lowest BCUT2D eigenvalue weighted by molar-refractivity contribution is 0.641. The van der Waals surface area contributed by atoms with Crippen LogP contribution in [0, 0.1) is 6.92 Å². The van der Waals surface area contributed by atoms with Gasteiger partial charge in [0, 0.05) is 30.1 Å². The smallest absolute Gasteiger partial charge is 0.282 e. The van der Waals surface area contributed by atoms with Crippen LogP contribution in [0.1, 0.15) is 25.2 Å². The summed E-state index contributed by atoms with van der Waals surface area (Å²) in [6, 6.07) is 15.7. The molecule has 27 heavy (non-hydrogen) atoms. The number of hydrogen-bond donors (Lipinski definition) is 0. The molecule has 5 nitrogen and oxygen atoms in total. The molecule has 0 atom stereocenters. The van der Waals surface area contributed by atoms with Gasteiger partial charge in [0.05, 0.1) is 10.9 Å². The summed E-state index contributed by atoms with van der Waals surface area (Å²) in [4.78, 5) is 19.4. The van der Waals surface area contributed by atoms with E-state index in [0.717, 1.165) is 5.70 Å². The number of aryl methyl sites for hydroxylation is 1. The third kappa shape index (κ3) is 2.67. The second kappa shape index (κ2) is 6.20. The van der Waals surface area contributed by atoms with Crippen LogP contribution in [0.15, 0.2) is 70.2 Å². The van der Waals surface area contributed by atoms with E-state index in [-0.39, 0.29) is 11.0 Å². The number of nitrogens with zero attached hydrogens (tertiary/aromatic N) is 4. The summed E-state index contributed by atoms with van der Waals surface area (Å²) in [5, 5.41) is 4.96. The Kier molecular flexibility index (Phi) is 3.95. The van der Waals surface area contributed by atoms with E-state index in [9.17, 15) is 4.79 Å². The summed E-state index contributed by atoms with van der Waals surface area (Å²) < 4.78 is 1.36. The largest absolute Gasteiger partial charge is 0.347 e. The minimum Gasteiger partial charge on any atom is -0.347 e. The van der Waals surface area contributed by atoms with E-state index >= 15 is 0 Å². The van der Waals surface area contributed by atoms with Crippen LogP contribution in [0.4, 0.5) is 5.69 Å². The second-order valence-corrected chi connectivity index (χ2v) is 7.31. The van der Waals surface area contributed by atoms with Crippen molar-refractivity contribution in [1.82, 2.24) is 9.66 Å². The third-order valence-electron chi connectivity index (χ3n) is 5.27. The summed E-state index contributed by atoms with van der Waals surface area (Å²) >= 11 is 0. The maximum atomic E-state index is 12.7. The van der Waals surface area contributed by atoms with Gasteiger partial charge in [-0.05, 0) is 36.8 Å². The standard InChI is InChI=1S/C22H22N4O/c1-15-24-18-11-7-5-9-16(18)21(27)26(15)23-14-13-20-22(2,3)17-10-6-8-12-19(17)25(20)4/h5-14H,1-4H3/b20-13-,23-14-. The molecule has 2 heterocycles. The zero-order valence-electron chi connectivity index (χ0n) is 16.0. The highest BCUT2D eigenvalue weighted by Crippen LogP contribution is 2.46. The van der Waals surface area contributed by atoms with Crippen LogP contribution in [0.2, 0.25) is 0 Å². The van der Waals surface area contributed by atoms with E-state index in [0.29, 0.717) is 16.7 Å². The first-order chi connectivity index (χ1) is 12.9. The van der Waals surface area contributed by atoms with Gasteiger partial charge in [-0.3, -0.25) is 4.79 Å². The predicted octanol–water partition coefficient (Wildman–Crippen LogP) is 3.85. The third-order valence-corrected chi connectivity index (χ3v) is 5.27. The molecule has 5 heteroatoms. The Morgan fingerprint density at radius 3 is 2.56 bits per heavy atom. The summed E-state index contributed by atoms with van der Waals surface area (Å²) in [5.74, 6) is 0.565. The van der Waals surface area contributed by atoms with Gasteiger partial charge in [-0.15, -0.1) is 0 Å². The number of allylic oxidation sites excluding steroid dienone is 2. The Morgan fingerprint density at radius 2 is 1.78 bits per heavy atom. The summed E-state index contributed by atoms with van der Waals surface area (Å²) in [5.41, 5.74) is 4.02. The lowest BCUT2D eigenvalue weighted by Crippen LogP contribution is -2.23. The van der Waals surface area contributed by atoms with Crippen molar-refractivity contribution < 1.29 is 0 Å². The van der Waals surface area contributed by atoms with E-state index in [1.54, 1.807) is 19.2 Å². The van der Waals surface area contributed by atoms with Crippen molar-refractivity contribution in [2.75, 3.05) is 11.9 Å². The molecule has 0 fully saturated rings. The van der Waals surface area contributed by atoms with Gasteiger partial charge in [0.1, 0.15) is 5.82 Å². The summed E-state index contributed by atoms with van der Waals surface area (Å²) in [6.07, 6.45) is 3.66. The molecule has 0 spiro atoms. The van der Waals surface area contributed by atoms with Crippen molar-refractivity contribution in [2.45, 2.75) is 26.2 Å². The van der Waals surface area contributed by atoms with Crippen LogP contribution in [0.25, 0.3) is 10.9 Å². The van der Waals surface area contributed by atoms with Crippen molar-refractivity contribution in [3.63, 3.8) is 0 Å². The molecule has 0 amide bonds. The molecule has 136 valence electrons. The minimum absolute atomic E-state index is 0.126. The molecule has 0 bridgehead atoms. The monoisotopic (exact) mass is 358 g/mol. The van der Waals surface area contributed by atoms with E-state index in [2.05, 4.69) is 54.1 Å². The van der Waals surface area contributed by atoms with Crippen LogP contribution in [-0.2, 0) is 5.41 Å². The van der Waals surface area contributed by atoms with Crippen LogP contribution in [0.3, 0.4) is 0 Å². The van der Waals surface area contributed by atoms with E-state index in [1.807, 2.05) is 30.3 Å². The zero-order chi connectivity index (χ0) is 19.2. The van der Waals surface area contributed by atoms with Crippen molar-refractivity contribution in [2.24, 2.45) is 5.10 Å². The maximum Gasteiger partial charge on any atom is 0.282 e. The molecule has 1 aliphatic heterocycles. The molecular formula is C22H22N4O. The van der Waals surface area contributed by atoms with Crippen LogP contribution >= 0.6 is 0 Å². The highest BCUT2D eigenvalue weighted by atomic mass is 16.1. The van der Waals surface area contributed by atoms with Crippen molar-refractivity contribution in [3.8, 4) is 0 Å². The first-order valence-electron chi connectivity index (χ1n) is 8.98. The lowest BCUT2D eigenvalue weighted by Gasteiger charge is -2.23. The van der Waals surface area contributed by atoms with Gasteiger partial charge in [0.25, 0.3) is 5.56 Å². The zero-order valence-corrected chi connectivity index (χ0v) is 16.0. The number of fused-ring (bicyclic) bond motifs is 2. The highest BCUT2D eigenvalue weighted by molar-refractivity contribution is 5.80. The van der Waals surface area contributed by atoms with Crippen molar-refractivity contribution in [3.05, 3.63) is 82.0 Å². The van der Waals surface area contributed by atoms with Crippen molar-refractivity contribution in [1.29, 1.82) is 0 Å². The number of hydrogen-bond acceptors (Lipinski definition) is 4. The molecule has 4 rings (SSSR count). The fourth-order valence-electron chi connectivity index (χ4n) is 3.84. The number of aromatic nitrogens is 2. The Labute approximate surface area is 158 Å². The Morgan fingerprint density at radius 1 is 1.07 bits per heavy atom. The maximum absolute atomic E-state index is 12.7. The van der Waals surface area contributed by atoms with Gasteiger partial charge < -0.3 is 4.90 Å². The number of likely N-dealkylation sites (N-methyl/N-ethyl adjacent to an activating group) is 1. The minimum atomic E-state index is -0.157. The molecule has 0 radical (unpaired) electrons. The van der Waals surface area contributed by atoms with E-state index < -0.39 is 0 Å². The molecule has 0 N–H and O–H groups in total. The van der Waals surface area contributed by atoms with E-state index in [1.165, 1.54) is 15.9 Å². The normalized spacial score (nSPS) is 17.2. The Bertz CT molecular complexity index is 1150. The summed E-state index contributed by atoms with van der Waals surface area (Å²) in [6.45, 7) is 6.19. The van der Waals surface area contributed by atoms with Gasteiger partial charge >= 0.3 is 0 Å². The average molecular weight is 358 g/mol. The molecular weight excluding hydrogens is 336 g/mol. The highest BCUT2D eigenvalue weighted by Gasteiger charge is 2.37. The van der Waals surface area contributed by atoms with Crippen LogP contribution in [0.5, 0.6) is 0 Å². The quantitative estimate of drug-likeness (QED) is 0.654. The molecule has 1 aromatic heterocycles. The topological polar surface area (TPSA) is 50.5 Å². The molecule has 1 aliphatic rings. The summed E-state index contributed by atoms with van der Waals surface area (Å²) in [7, 11) is 2.06. The first-order valence-corrected chi connectivity index (χ1v) is 8.98. The average Bonchev–Trinajstić information content (AvgIpc) is 2.85. The predicted molar refractivity (Wildman–Crippen MR) is 111 cm³/mol. The van der Waals surface area contributed by atoms with E-state index in [4.69, 9.17) is 0 Å². The molecule has 2 aromatic carbocycles. The lowest BCUT2D eigenvalue weighted by atomic mass is 9.84. The Balaban J connectivity index is 1.75. The van der Waals surface area contributed by atoms with Gasteiger partial charge in [0.15, 0.2) is 0 Å². The molecule has 0 unspecified atom stereocenters. The molecule has 3 aromatic rings. The van der Waals surface area contributed by atoms with Gasteiger partial charge in [-0.25, -0.2) is 4.98 Å². The molecule has 0 saturated heterocycles. The first kappa shape index (κ1) is 17.2. The number of anilines is 1. The number of benzene rings is 2. The number of rotatable bonds is 2. The van der Waals surface area contributed by atoms with Gasteiger partial charge in [-0.2, -0.15) is 9.78 Å². The SMILES string of the molecule is Cc1nc2ccccc2c(=O)n1/N=C\C=C1/N(C)c2ccccc2C1(C)C. The molecule has 0 saturated carbocycles. The second-order valence-electron chi connectivity index (χ2n) is 7.31. The van der Waals surface area contributed by atoms with Gasteiger partial charge in [-0.1, -0.05) is 44.2 Å². The van der Waals surface area contributed by atoms with Crippen molar-refractivity contribution >= 4 is 22.8 Å². The fourth-order valence-corrected chi connectivity index (χ4v) is 3.84.